The average Bonchev–Trinajstić information content (AvgIpc) is 3.10. The van der Waals surface area contributed by atoms with Gasteiger partial charge in [-0.05, 0) is 18.6 Å². The molecule has 1 amide bonds. The first-order valence-electron chi connectivity index (χ1n) is 10.4. The third-order valence-corrected chi connectivity index (χ3v) is 5.61. The second-order valence-corrected chi connectivity index (χ2v) is 7.74. The van der Waals surface area contributed by atoms with Crippen LogP contribution in [0.15, 0.2) is 51.7 Å². The number of hydrogen-bond donors (Lipinski definition) is 1. The summed E-state index contributed by atoms with van der Waals surface area (Å²) in [5.41, 5.74) is 2.47. The normalized spacial score (nSPS) is 15.5. The summed E-state index contributed by atoms with van der Waals surface area (Å²) in [5.74, 6) is -1.09. The number of hydrogen-bond acceptors (Lipinski definition) is 7. The van der Waals surface area contributed by atoms with Gasteiger partial charge >= 0.3 is 5.76 Å². The van der Waals surface area contributed by atoms with Gasteiger partial charge in [0.05, 0.1) is 35.8 Å². The van der Waals surface area contributed by atoms with E-state index in [0.717, 1.165) is 24.2 Å². The van der Waals surface area contributed by atoms with Crippen LogP contribution < -0.4 is 11.1 Å². The van der Waals surface area contributed by atoms with Gasteiger partial charge in [-0.1, -0.05) is 29.8 Å². The molecule has 1 aromatic heterocycles. The third-order valence-electron chi connectivity index (χ3n) is 5.61. The summed E-state index contributed by atoms with van der Waals surface area (Å²) >= 11 is 0. The standard InChI is InChI=1S/C22H24N4O6/c1-15-2-4-16(5-3-15)19(24-8-10-31-11-9-24)13-23-21(27)14-25-18-7-6-17(26(29)30)12-20(18)32-22(25)28/h2-7,12,19H,8-11,13-14H2,1H3,(H,23,27). The molecule has 1 fully saturated rings. The molecule has 32 heavy (non-hydrogen) atoms. The molecule has 168 valence electrons. The van der Waals surface area contributed by atoms with Crippen LogP contribution in [0.3, 0.4) is 0 Å². The fourth-order valence-corrected chi connectivity index (χ4v) is 3.86. The Hall–Kier alpha value is -3.50. The molecule has 1 N–H and O–H groups in total. The minimum atomic E-state index is -0.737. The number of nitrogens with zero attached hydrogens (tertiary/aromatic N) is 3. The fraction of sp³-hybridized carbons (Fsp3) is 0.364. The van der Waals surface area contributed by atoms with Crippen molar-refractivity contribution in [3.63, 3.8) is 0 Å². The van der Waals surface area contributed by atoms with Gasteiger partial charge in [0.1, 0.15) is 6.54 Å². The second kappa shape index (κ2) is 9.33. The number of oxazole rings is 1. The Bertz CT molecular complexity index is 1180. The monoisotopic (exact) mass is 440 g/mol. The highest BCUT2D eigenvalue weighted by Crippen LogP contribution is 2.22. The highest BCUT2D eigenvalue weighted by atomic mass is 16.6. The number of benzene rings is 2. The summed E-state index contributed by atoms with van der Waals surface area (Å²) in [7, 11) is 0. The maximum absolute atomic E-state index is 12.7. The van der Waals surface area contributed by atoms with E-state index in [1.54, 1.807) is 0 Å². The number of nitro benzene ring substituents is 1. The van der Waals surface area contributed by atoms with Crippen molar-refractivity contribution in [2.45, 2.75) is 19.5 Å². The zero-order chi connectivity index (χ0) is 22.7. The van der Waals surface area contributed by atoms with E-state index in [2.05, 4.69) is 22.3 Å². The zero-order valence-electron chi connectivity index (χ0n) is 17.7. The van der Waals surface area contributed by atoms with Gasteiger partial charge in [-0.15, -0.1) is 0 Å². The molecule has 2 heterocycles. The minimum Gasteiger partial charge on any atom is -0.407 e. The highest BCUT2D eigenvalue weighted by molar-refractivity contribution is 5.80. The Morgan fingerprint density at radius 2 is 1.91 bits per heavy atom. The van der Waals surface area contributed by atoms with Crippen molar-refractivity contribution in [3.05, 3.63) is 74.3 Å². The van der Waals surface area contributed by atoms with Crippen LogP contribution in [0.2, 0.25) is 0 Å². The van der Waals surface area contributed by atoms with Gasteiger partial charge in [0.25, 0.3) is 5.69 Å². The Labute approximate surface area is 183 Å². The van der Waals surface area contributed by atoms with Gasteiger partial charge in [0.15, 0.2) is 5.58 Å². The number of fused-ring (bicyclic) bond motifs is 1. The number of nitrogens with one attached hydrogen (secondary N) is 1. The Balaban J connectivity index is 1.48. The molecule has 1 saturated heterocycles. The van der Waals surface area contributed by atoms with Crippen molar-refractivity contribution < 1.29 is 18.9 Å². The number of carbonyl (C=O) groups excluding carboxylic acids is 1. The molecule has 0 saturated carbocycles. The van der Waals surface area contributed by atoms with Gasteiger partial charge in [0, 0.05) is 25.7 Å². The van der Waals surface area contributed by atoms with E-state index >= 15 is 0 Å². The maximum Gasteiger partial charge on any atom is 0.420 e. The van der Waals surface area contributed by atoms with Crippen LogP contribution in [-0.4, -0.2) is 53.1 Å². The van der Waals surface area contributed by atoms with Gasteiger partial charge in [-0.3, -0.25) is 24.4 Å². The quantitative estimate of drug-likeness (QED) is 0.441. The number of amides is 1. The average molecular weight is 440 g/mol. The Morgan fingerprint density at radius 3 is 2.59 bits per heavy atom. The molecule has 0 radical (unpaired) electrons. The van der Waals surface area contributed by atoms with Gasteiger partial charge in [0.2, 0.25) is 5.91 Å². The molecule has 1 unspecified atom stereocenters. The van der Waals surface area contributed by atoms with Crippen molar-refractivity contribution in [3.8, 4) is 0 Å². The predicted molar refractivity (Wildman–Crippen MR) is 116 cm³/mol. The molecule has 10 heteroatoms. The fourth-order valence-electron chi connectivity index (χ4n) is 3.86. The first-order valence-corrected chi connectivity index (χ1v) is 10.4. The summed E-state index contributed by atoms with van der Waals surface area (Å²) in [6.45, 7) is 4.96. The topological polar surface area (TPSA) is 120 Å². The summed E-state index contributed by atoms with van der Waals surface area (Å²) in [6, 6.07) is 12.0. The van der Waals surface area contributed by atoms with E-state index < -0.39 is 10.7 Å². The summed E-state index contributed by atoms with van der Waals surface area (Å²) in [5, 5.41) is 13.9. The number of morpholine rings is 1. The smallest absolute Gasteiger partial charge is 0.407 e. The number of non-ortho nitro benzene ring substituents is 1. The van der Waals surface area contributed by atoms with Crippen LogP contribution in [0.5, 0.6) is 0 Å². The third kappa shape index (κ3) is 4.71. The lowest BCUT2D eigenvalue weighted by molar-refractivity contribution is -0.384. The van der Waals surface area contributed by atoms with E-state index in [0.29, 0.717) is 25.3 Å². The largest absolute Gasteiger partial charge is 0.420 e. The number of ether oxygens (including phenoxy) is 1. The molecule has 1 atom stereocenters. The van der Waals surface area contributed by atoms with E-state index in [1.807, 2.05) is 19.1 Å². The van der Waals surface area contributed by atoms with Crippen LogP contribution in [0.25, 0.3) is 11.1 Å². The van der Waals surface area contributed by atoms with Crippen molar-refractivity contribution in [1.29, 1.82) is 0 Å². The number of aryl methyl sites for hydroxylation is 1. The molecular formula is C22H24N4O6. The molecule has 1 aliphatic rings. The van der Waals surface area contributed by atoms with Crippen molar-refractivity contribution in [2.75, 3.05) is 32.8 Å². The highest BCUT2D eigenvalue weighted by Gasteiger charge is 2.24. The predicted octanol–water partition coefficient (Wildman–Crippen LogP) is 2.00. The van der Waals surface area contributed by atoms with E-state index in [9.17, 15) is 19.7 Å². The zero-order valence-corrected chi connectivity index (χ0v) is 17.7. The van der Waals surface area contributed by atoms with Gasteiger partial charge in [-0.2, -0.15) is 0 Å². The molecule has 0 spiro atoms. The minimum absolute atomic E-state index is 0.0242. The molecular weight excluding hydrogens is 416 g/mol. The summed E-state index contributed by atoms with van der Waals surface area (Å²) in [6.07, 6.45) is 0. The summed E-state index contributed by atoms with van der Waals surface area (Å²) < 4.78 is 11.7. The van der Waals surface area contributed by atoms with Crippen LogP contribution in [0.1, 0.15) is 17.2 Å². The number of aromatic nitrogens is 1. The lowest BCUT2D eigenvalue weighted by Gasteiger charge is -2.35. The van der Waals surface area contributed by atoms with Gasteiger partial charge < -0.3 is 14.5 Å². The molecule has 0 bridgehead atoms. The van der Waals surface area contributed by atoms with E-state index in [-0.39, 0.29) is 29.8 Å². The number of rotatable bonds is 7. The number of nitro groups is 1. The molecule has 0 aliphatic carbocycles. The molecule has 3 aromatic rings. The van der Waals surface area contributed by atoms with Crippen LogP contribution in [0, 0.1) is 17.0 Å². The van der Waals surface area contributed by atoms with Crippen molar-refractivity contribution in [2.24, 2.45) is 0 Å². The number of carbonyl (C=O) groups is 1. The van der Waals surface area contributed by atoms with Crippen molar-refractivity contribution in [1.82, 2.24) is 14.8 Å². The Morgan fingerprint density at radius 1 is 1.19 bits per heavy atom. The molecule has 4 rings (SSSR count). The maximum atomic E-state index is 12.7. The van der Waals surface area contributed by atoms with Crippen LogP contribution in [0.4, 0.5) is 5.69 Å². The van der Waals surface area contributed by atoms with Crippen LogP contribution >= 0.6 is 0 Å². The Kier molecular flexibility index (Phi) is 6.33. The van der Waals surface area contributed by atoms with Crippen LogP contribution in [-0.2, 0) is 16.1 Å². The SMILES string of the molecule is Cc1ccc(C(CNC(=O)Cn2c(=O)oc3cc([N+](=O)[O-])ccc32)N2CCOCC2)cc1. The van der Waals surface area contributed by atoms with Gasteiger partial charge in [-0.25, -0.2) is 4.79 Å². The lowest BCUT2D eigenvalue weighted by Crippen LogP contribution is -2.44. The van der Waals surface area contributed by atoms with Crippen molar-refractivity contribution >= 4 is 22.7 Å². The molecule has 2 aromatic carbocycles. The molecule has 10 nitrogen and oxygen atoms in total. The molecule has 1 aliphatic heterocycles. The summed E-state index contributed by atoms with van der Waals surface area (Å²) in [4.78, 5) is 37.5. The van der Waals surface area contributed by atoms with E-state index in [4.69, 9.17) is 9.15 Å². The van der Waals surface area contributed by atoms with E-state index in [1.165, 1.54) is 22.8 Å². The lowest BCUT2D eigenvalue weighted by atomic mass is 10.0. The first kappa shape index (κ1) is 21.7. The second-order valence-electron chi connectivity index (χ2n) is 7.74. The first-order chi connectivity index (χ1) is 15.4.